The summed E-state index contributed by atoms with van der Waals surface area (Å²) in [5, 5.41) is 10.0. The third kappa shape index (κ3) is 2.34. The summed E-state index contributed by atoms with van der Waals surface area (Å²) in [6.07, 6.45) is 0.871. The Bertz CT molecular complexity index is 815. The highest BCUT2D eigenvalue weighted by atomic mass is 35.5. The third-order valence-electron chi connectivity index (χ3n) is 3.54. The van der Waals surface area contributed by atoms with Crippen molar-refractivity contribution < 1.29 is 18.3 Å². The highest BCUT2D eigenvalue weighted by Crippen LogP contribution is 2.41. The number of benzene rings is 1. The molecule has 1 aliphatic heterocycles. The van der Waals surface area contributed by atoms with Crippen LogP contribution in [-0.2, 0) is 14.8 Å². The van der Waals surface area contributed by atoms with Gasteiger partial charge in [-0.05, 0) is 18.9 Å². The van der Waals surface area contributed by atoms with Gasteiger partial charge >= 0.3 is 5.97 Å². The van der Waals surface area contributed by atoms with Gasteiger partial charge in [0, 0.05) is 16.6 Å². The number of aliphatic carboxylic acids is 1. The van der Waals surface area contributed by atoms with Crippen molar-refractivity contribution in [2.45, 2.75) is 23.1 Å². The zero-order valence-corrected chi connectivity index (χ0v) is 13.2. The molecule has 2 heterocycles. The summed E-state index contributed by atoms with van der Waals surface area (Å²) < 4.78 is 27.3. The van der Waals surface area contributed by atoms with Gasteiger partial charge in [-0.15, -0.1) is 11.3 Å². The summed E-state index contributed by atoms with van der Waals surface area (Å²) in [5.74, 6) is -1.12. The fourth-order valence-corrected chi connectivity index (χ4v) is 6.42. The Morgan fingerprint density at radius 2 is 2.10 bits per heavy atom. The third-order valence-corrected chi connectivity index (χ3v) is 7.73. The molecule has 0 radical (unpaired) electrons. The highest BCUT2D eigenvalue weighted by Gasteiger charge is 2.41. The first-order valence-electron chi connectivity index (χ1n) is 6.34. The molecule has 5 nitrogen and oxygen atoms in total. The Morgan fingerprint density at radius 3 is 2.76 bits per heavy atom. The number of nitrogens with zero attached hydrogens (tertiary/aromatic N) is 1. The monoisotopic (exact) mass is 345 g/mol. The molecule has 8 heteroatoms. The van der Waals surface area contributed by atoms with Crippen LogP contribution in [0.25, 0.3) is 10.1 Å². The van der Waals surface area contributed by atoms with Crippen LogP contribution in [0.15, 0.2) is 28.5 Å². The van der Waals surface area contributed by atoms with E-state index in [0.717, 1.165) is 20.3 Å². The molecule has 0 spiro atoms. The van der Waals surface area contributed by atoms with Crippen molar-refractivity contribution in [2.75, 3.05) is 6.54 Å². The lowest BCUT2D eigenvalue weighted by molar-refractivity contribution is -0.140. The minimum absolute atomic E-state index is 0.0264. The van der Waals surface area contributed by atoms with E-state index in [-0.39, 0.29) is 15.8 Å². The standard InChI is InChI=1S/C13H12ClNO4S2/c14-11-8-4-1-2-6-10(8)20-13(11)21(18,19)15-7-3-5-9(15)12(16)17/h1-2,4,6,9H,3,5,7H2,(H,16,17). The maximum atomic E-state index is 12.7. The number of hydrogen-bond donors (Lipinski definition) is 1. The van der Waals surface area contributed by atoms with Crippen LogP contribution in [0.2, 0.25) is 5.02 Å². The molecule has 112 valence electrons. The van der Waals surface area contributed by atoms with Crippen LogP contribution >= 0.6 is 22.9 Å². The van der Waals surface area contributed by atoms with Crippen molar-refractivity contribution in [3.63, 3.8) is 0 Å². The number of hydrogen-bond acceptors (Lipinski definition) is 4. The predicted octanol–water partition coefficient (Wildman–Crippen LogP) is 2.79. The first kappa shape index (κ1) is 14.8. The van der Waals surface area contributed by atoms with Gasteiger partial charge in [-0.3, -0.25) is 4.79 Å². The fourth-order valence-electron chi connectivity index (χ4n) is 2.54. The van der Waals surface area contributed by atoms with Gasteiger partial charge < -0.3 is 5.11 Å². The lowest BCUT2D eigenvalue weighted by atomic mass is 10.2. The molecule has 1 unspecified atom stereocenters. The first-order valence-corrected chi connectivity index (χ1v) is 8.98. The van der Waals surface area contributed by atoms with E-state index in [1.807, 2.05) is 6.07 Å². The molecule has 1 fully saturated rings. The molecule has 2 aromatic rings. The summed E-state index contributed by atoms with van der Waals surface area (Å²) >= 11 is 7.28. The lowest BCUT2D eigenvalue weighted by Gasteiger charge is -2.20. The second-order valence-corrected chi connectivity index (χ2v) is 8.33. The second kappa shape index (κ2) is 5.24. The van der Waals surface area contributed by atoms with Gasteiger partial charge in [0.1, 0.15) is 6.04 Å². The minimum atomic E-state index is -3.89. The van der Waals surface area contributed by atoms with Crippen molar-refractivity contribution >= 4 is 49.0 Å². The molecule has 1 atom stereocenters. The molecule has 0 bridgehead atoms. The van der Waals surface area contributed by atoms with Crippen LogP contribution < -0.4 is 0 Å². The Hall–Kier alpha value is -1.15. The summed E-state index contributed by atoms with van der Waals surface area (Å²) in [4.78, 5) is 11.2. The molecule has 1 saturated heterocycles. The Balaban J connectivity index is 2.12. The summed E-state index contributed by atoms with van der Waals surface area (Å²) in [6, 6.07) is 6.14. The van der Waals surface area contributed by atoms with Crippen molar-refractivity contribution in [3.05, 3.63) is 29.3 Å². The Morgan fingerprint density at radius 1 is 1.38 bits per heavy atom. The summed E-state index contributed by atoms with van der Waals surface area (Å²) in [6.45, 7) is 0.212. The van der Waals surface area contributed by atoms with Crippen molar-refractivity contribution in [2.24, 2.45) is 0 Å². The van der Waals surface area contributed by atoms with E-state index in [1.165, 1.54) is 0 Å². The van der Waals surface area contributed by atoms with Crippen molar-refractivity contribution in [1.82, 2.24) is 4.31 Å². The van der Waals surface area contributed by atoms with E-state index >= 15 is 0 Å². The molecule has 1 N–H and O–H groups in total. The zero-order valence-electron chi connectivity index (χ0n) is 10.8. The number of halogens is 1. The minimum Gasteiger partial charge on any atom is -0.480 e. The molecule has 1 aliphatic rings. The topological polar surface area (TPSA) is 74.7 Å². The van der Waals surface area contributed by atoms with Gasteiger partial charge in [0.2, 0.25) is 0 Å². The largest absolute Gasteiger partial charge is 0.480 e. The van der Waals surface area contributed by atoms with E-state index in [4.69, 9.17) is 16.7 Å². The van der Waals surface area contributed by atoms with E-state index < -0.39 is 22.0 Å². The molecule has 21 heavy (non-hydrogen) atoms. The van der Waals surface area contributed by atoms with Gasteiger partial charge in [-0.2, -0.15) is 4.31 Å². The van der Waals surface area contributed by atoms with Gasteiger partial charge in [0.05, 0.1) is 5.02 Å². The Labute approximate surface area is 130 Å². The van der Waals surface area contributed by atoms with Gasteiger partial charge in [-0.25, -0.2) is 8.42 Å². The lowest BCUT2D eigenvalue weighted by Crippen LogP contribution is -2.40. The highest BCUT2D eigenvalue weighted by molar-refractivity contribution is 7.91. The van der Waals surface area contributed by atoms with Gasteiger partial charge in [-0.1, -0.05) is 29.8 Å². The molecular formula is C13H12ClNO4S2. The average molecular weight is 346 g/mol. The number of fused-ring (bicyclic) bond motifs is 1. The predicted molar refractivity (Wildman–Crippen MR) is 81.4 cm³/mol. The van der Waals surface area contributed by atoms with Gasteiger partial charge in [0.15, 0.2) is 4.21 Å². The van der Waals surface area contributed by atoms with Crippen LogP contribution in [0, 0.1) is 0 Å². The summed E-state index contributed by atoms with van der Waals surface area (Å²) in [5.41, 5.74) is 0. The van der Waals surface area contributed by atoms with E-state index in [0.29, 0.717) is 18.2 Å². The van der Waals surface area contributed by atoms with E-state index in [1.54, 1.807) is 18.2 Å². The number of carboxylic acids is 1. The molecule has 1 aromatic carbocycles. The molecule has 1 aromatic heterocycles. The van der Waals surface area contributed by atoms with Crippen LogP contribution in [0.5, 0.6) is 0 Å². The van der Waals surface area contributed by atoms with Crippen LogP contribution in [0.1, 0.15) is 12.8 Å². The molecule has 0 amide bonds. The molecule has 0 aliphatic carbocycles. The SMILES string of the molecule is O=C(O)C1CCCN1S(=O)(=O)c1sc2ccccc2c1Cl. The van der Waals surface area contributed by atoms with Gasteiger partial charge in [0.25, 0.3) is 10.0 Å². The summed E-state index contributed by atoms with van der Waals surface area (Å²) in [7, 11) is -3.89. The fraction of sp³-hybridized carbons (Fsp3) is 0.308. The van der Waals surface area contributed by atoms with Crippen LogP contribution in [-0.4, -0.2) is 36.4 Å². The van der Waals surface area contributed by atoms with Crippen LogP contribution in [0.4, 0.5) is 0 Å². The molecule has 0 saturated carbocycles. The number of rotatable bonds is 3. The van der Waals surface area contributed by atoms with Crippen LogP contribution in [0.3, 0.4) is 0 Å². The number of carbonyl (C=O) groups is 1. The number of sulfonamides is 1. The smallest absolute Gasteiger partial charge is 0.322 e. The van der Waals surface area contributed by atoms with Crippen molar-refractivity contribution in [1.29, 1.82) is 0 Å². The maximum Gasteiger partial charge on any atom is 0.322 e. The average Bonchev–Trinajstić information content (AvgIpc) is 3.05. The first-order chi connectivity index (χ1) is 9.93. The number of thiophene rings is 1. The second-order valence-electron chi connectivity index (χ2n) is 4.81. The molecule has 3 rings (SSSR count). The Kier molecular flexibility index (Phi) is 3.69. The normalized spacial score (nSPS) is 20.1. The molecular weight excluding hydrogens is 334 g/mol. The maximum absolute atomic E-state index is 12.7. The quantitative estimate of drug-likeness (QED) is 0.928. The zero-order chi connectivity index (χ0) is 15.2. The number of carboxylic acid groups (broad SMARTS) is 1. The van der Waals surface area contributed by atoms with E-state index in [9.17, 15) is 13.2 Å². The van der Waals surface area contributed by atoms with Crippen molar-refractivity contribution in [3.8, 4) is 0 Å². The van der Waals surface area contributed by atoms with E-state index in [2.05, 4.69) is 0 Å².